The third-order valence-corrected chi connectivity index (χ3v) is 5.50. The average Bonchev–Trinajstić information content (AvgIpc) is 2.77. The summed E-state index contributed by atoms with van der Waals surface area (Å²) in [6, 6.07) is 18.1. The molecule has 4 heteroatoms. The van der Waals surface area contributed by atoms with Crippen LogP contribution in [-0.2, 0) is 11.2 Å². The minimum atomic E-state index is -0.124. The molecule has 0 saturated heterocycles. The molecule has 4 nitrogen and oxygen atoms in total. The Morgan fingerprint density at radius 3 is 2.17 bits per heavy atom. The molecule has 0 aromatic heterocycles. The van der Waals surface area contributed by atoms with Gasteiger partial charge in [-0.3, -0.25) is 4.79 Å². The smallest absolute Gasteiger partial charge is 0.225 e. The third kappa shape index (κ3) is 7.49. The van der Waals surface area contributed by atoms with Crippen molar-refractivity contribution in [1.82, 2.24) is 4.90 Å². The molecule has 0 spiro atoms. The average molecular weight is 412 g/mol. The van der Waals surface area contributed by atoms with Crippen LogP contribution in [0.15, 0.2) is 54.6 Å². The Kier molecular flexibility index (Phi) is 10.4. The molecule has 0 radical (unpaired) electrons. The summed E-state index contributed by atoms with van der Waals surface area (Å²) >= 11 is 0. The van der Waals surface area contributed by atoms with E-state index in [4.69, 9.17) is 9.84 Å². The summed E-state index contributed by atoms with van der Waals surface area (Å²) in [5, 5.41) is 9.09. The second-order valence-electron chi connectivity index (χ2n) is 7.96. The molecule has 2 rings (SSSR count). The lowest BCUT2D eigenvalue weighted by Gasteiger charge is -2.26. The maximum absolute atomic E-state index is 12.9. The van der Waals surface area contributed by atoms with Crippen LogP contribution >= 0.6 is 0 Å². The number of nitrogens with zero attached hydrogens (tertiary/aromatic N) is 1. The molecule has 0 heterocycles. The van der Waals surface area contributed by atoms with Crippen molar-refractivity contribution in [2.75, 3.05) is 20.2 Å². The summed E-state index contributed by atoms with van der Waals surface area (Å²) in [6.07, 6.45) is 5.23. The summed E-state index contributed by atoms with van der Waals surface area (Å²) in [5.41, 5.74) is 2.20. The normalized spacial score (nSPS) is 12.0. The van der Waals surface area contributed by atoms with Gasteiger partial charge in [-0.05, 0) is 42.5 Å². The molecular weight excluding hydrogens is 374 g/mol. The molecule has 1 unspecified atom stereocenters. The fraction of sp³-hybridized carbons (Fsp3) is 0.500. The maximum Gasteiger partial charge on any atom is 0.225 e. The van der Waals surface area contributed by atoms with Crippen LogP contribution in [-0.4, -0.2) is 36.1 Å². The number of carbonyl (C=O) groups is 1. The zero-order valence-electron chi connectivity index (χ0n) is 18.7. The topological polar surface area (TPSA) is 49.8 Å². The van der Waals surface area contributed by atoms with E-state index in [9.17, 15) is 4.79 Å². The zero-order chi connectivity index (χ0) is 21.8. The number of rotatable bonds is 13. The highest BCUT2D eigenvalue weighted by molar-refractivity contribution is 5.78. The Hall–Kier alpha value is -2.33. The molecule has 1 amide bonds. The molecule has 0 aliphatic rings. The van der Waals surface area contributed by atoms with Gasteiger partial charge < -0.3 is 14.7 Å². The van der Waals surface area contributed by atoms with E-state index < -0.39 is 0 Å². The summed E-state index contributed by atoms with van der Waals surface area (Å²) in [6.45, 7) is 5.08. The summed E-state index contributed by atoms with van der Waals surface area (Å²) in [4.78, 5) is 14.8. The van der Waals surface area contributed by atoms with E-state index >= 15 is 0 Å². The van der Waals surface area contributed by atoms with Crippen molar-refractivity contribution in [3.05, 3.63) is 65.7 Å². The molecule has 0 saturated carbocycles. The van der Waals surface area contributed by atoms with E-state index in [0.717, 1.165) is 49.0 Å². The van der Waals surface area contributed by atoms with Crippen molar-refractivity contribution in [2.45, 2.75) is 58.5 Å². The van der Waals surface area contributed by atoms with Gasteiger partial charge in [0.15, 0.2) is 0 Å². The molecule has 0 bridgehead atoms. The lowest BCUT2D eigenvalue weighted by atomic mass is 9.96. The number of amides is 1. The Bertz CT molecular complexity index is 724. The minimum absolute atomic E-state index is 0.124. The van der Waals surface area contributed by atoms with Gasteiger partial charge in [0, 0.05) is 32.5 Å². The highest BCUT2D eigenvalue weighted by atomic mass is 16.5. The minimum Gasteiger partial charge on any atom is -0.486 e. The van der Waals surface area contributed by atoms with E-state index in [0.29, 0.717) is 13.0 Å². The predicted octanol–water partition coefficient (Wildman–Crippen LogP) is 5.41. The highest BCUT2D eigenvalue weighted by Crippen LogP contribution is 2.26. The molecule has 0 aliphatic heterocycles. The molecule has 1 N–H and O–H groups in total. The van der Waals surface area contributed by atoms with Gasteiger partial charge in [0.05, 0.1) is 0 Å². The molecule has 1 atom stereocenters. The fourth-order valence-electron chi connectivity index (χ4n) is 3.81. The number of ether oxygens (including phenoxy) is 1. The molecule has 164 valence electrons. The quantitative estimate of drug-likeness (QED) is 0.480. The largest absolute Gasteiger partial charge is 0.486 e. The van der Waals surface area contributed by atoms with Crippen LogP contribution in [0.4, 0.5) is 0 Å². The van der Waals surface area contributed by atoms with E-state index in [2.05, 4.69) is 26.0 Å². The van der Waals surface area contributed by atoms with Crippen LogP contribution in [0.3, 0.4) is 0 Å². The van der Waals surface area contributed by atoms with Crippen LogP contribution < -0.4 is 4.74 Å². The SMILES string of the molecule is CCCC(CCC)C(=O)N(C)CCC(Oc1ccc(CCO)cc1)c1ccccc1. The second kappa shape index (κ2) is 13.1. The van der Waals surface area contributed by atoms with Crippen molar-refractivity contribution in [2.24, 2.45) is 5.92 Å². The Morgan fingerprint density at radius 1 is 0.967 bits per heavy atom. The number of hydrogen-bond acceptors (Lipinski definition) is 3. The van der Waals surface area contributed by atoms with Crippen LogP contribution in [0.5, 0.6) is 5.75 Å². The summed E-state index contributed by atoms with van der Waals surface area (Å²) in [5.74, 6) is 1.17. The maximum atomic E-state index is 12.9. The monoisotopic (exact) mass is 411 g/mol. The lowest BCUT2D eigenvalue weighted by molar-refractivity contribution is -0.135. The van der Waals surface area contributed by atoms with E-state index in [1.54, 1.807) is 0 Å². The molecule has 0 aliphatic carbocycles. The van der Waals surface area contributed by atoms with E-state index in [-0.39, 0.29) is 24.5 Å². The number of carbonyl (C=O) groups excluding carboxylic acids is 1. The van der Waals surface area contributed by atoms with Crippen molar-refractivity contribution < 1.29 is 14.6 Å². The van der Waals surface area contributed by atoms with Gasteiger partial charge in [-0.25, -0.2) is 0 Å². The van der Waals surface area contributed by atoms with Crippen molar-refractivity contribution in [1.29, 1.82) is 0 Å². The van der Waals surface area contributed by atoms with E-state index in [1.807, 2.05) is 54.4 Å². The molecule has 2 aromatic rings. The van der Waals surface area contributed by atoms with Crippen LogP contribution in [0.1, 0.15) is 63.2 Å². The van der Waals surface area contributed by atoms with Crippen molar-refractivity contribution in [3.8, 4) is 5.75 Å². The molecular formula is C26H37NO3. The van der Waals surface area contributed by atoms with Crippen molar-refractivity contribution >= 4 is 5.91 Å². The Balaban J connectivity index is 2.05. The van der Waals surface area contributed by atoms with Crippen LogP contribution in [0.2, 0.25) is 0 Å². The number of hydrogen-bond donors (Lipinski definition) is 1. The number of benzene rings is 2. The highest BCUT2D eigenvalue weighted by Gasteiger charge is 2.22. The standard InChI is InChI=1S/C26H37NO3/c1-4-9-23(10-5-2)26(29)27(3)19-17-25(22-11-7-6-8-12-22)30-24-15-13-21(14-16-24)18-20-28/h6-8,11-16,23,25,28H,4-5,9-10,17-20H2,1-3H3. The Labute approximate surface area is 181 Å². The van der Waals surface area contributed by atoms with Gasteiger partial charge in [0.25, 0.3) is 0 Å². The first kappa shape index (κ1) is 23.9. The first-order valence-electron chi connectivity index (χ1n) is 11.2. The van der Waals surface area contributed by atoms with Gasteiger partial charge in [0.2, 0.25) is 5.91 Å². The van der Waals surface area contributed by atoms with Crippen LogP contribution in [0.25, 0.3) is 0 Å². The van der Waals surface area contributed by atoms with Gasteiger partial charge in [-0.2, -0.15) is 0 Å². The molecule has 30 heavy (non-hydrogen) atoms. The van der Waals surface area contributed by atoms with E-state index in [1.165, 1.54) is 0 Å². The predicted molar refractivity (Wildman–Crippen MR) is 123 cm³/mol. The number of aliphatic hydroxyl groups excluding tert-OH is 1. The van der Waals surface area contributed by atoms with Gasteiger partial charge in [-0.15, -0.1) is 0 Å². The van der Waals surface area contributed by atoms with Gasteiger partial charge in [-0.1, -0.05) is 69.2 Å². The van der Waals surface area contributed by atoms with Gasteiger partial charge in [0.1, 0.15) is 11.9 Å². The lowest BCUT2D eigenvalue weighted by Crippen LogP contribution is -2.34. The molecule has 2 aromatic carbocycles. The van der Waals surface area contributed by atoms with Crippen LogP contribution in [0, 0.1) is 5.92 Å². The first-order valence-corrected chi connectivity index (χ1v) is 11.2. The second-order valence-corrected chi connectivity index (χ2v) is 7.96. The third-order valence-electron chi connectivity index (χ3n) is 5.50. The fourth-order valence-corrected chi connectivity index (χ4v) is 3.81. The summed E-state index contributed by atoms with van der Waals surface area (Å²) < 4.78 is 6.32. The zero-order valence-corrected chi connectivity index (χ0v) is 18.7. The van der Waals surface area contributed by atoms with Crippen molar-refractivity contribution in [3.63, 3.8) is 0 Å². The van der Waals surface area contributed by atoms with Gasteiger partial charge >= 0.3 is 0 Å². The Morgan fingerprint density at radius 2 is 1.60 bits per heavy atom. The molecule has 0 fully saturated rings. The first-order chi connectivity index (χ1) is 14.6. The summed E-state index contributed by atoms with van der Waals surface area (Å²) in [7, 11) is 1.91. The number of aliphatic hydroxyl groups is 1.